The molecule has 2 aromatic carbocycles. The molecule has 0 fully saturated rings. The molecule has 1 aliphatic heterocycles. The zero-order valence-electron chi connectivity index (χ0n) is 15.9. The normalized spacial score (nSPS) is 15.9. The maximum atomic E-state index is 13.0. The van der Waals surface area contributed by atoms with Gasteiger partial charge in [0.25, 0.3) is 11.6 Å². The Kier molecular flexibility index (Phi) is 5.77. The topological polar surface area (TPSA) is 123 Å². The minimum absolute atomic E-state index is 0.133. The van der Waals surface area contributed by atoms with Crippen LogP contribution in [0, 0.1) is 10.1 Å². The van der Waals surface area contributed by atoms with Crippen LogP contribution in [0.25, 0.3) is 0 Å². The van der Waals surface area contributed by atoms with Crippen molar-refractivity contribution in [1.29, 1.82) is 0 Å². The third kappa shape index (κ3) is 4.52. The van der Waals surface area contributed by atoms with Gasteiger partial charge in [0.2, 0.25) is 0 Å². The maximum Gasteiger partial charge on any atom is 0.319 e. The summed E-state index contributed by atoms with van der Waals surface area (Å²) in [5.41, 5.74) is 1.56. The lowest BCUT2D eigenvalue weighted by Gasteiger charge is -2.28. The third-order valence-electron chi connectivity index (χ3n) is 4.35. The molecule has 3 rings (SSSR count). The van der Waals surface area contributed by atoms with Crippen molar-refractivity contribution in [2.75, 3.05) is 11.9 Å². The number of nitrogens with zero attached hydrogens (tertiary/aromatic N) is 1. The molecule has 9 nitrogen and oxygen atoms in total. The highest BCUT2D eigenvalue weighted by atomic mass is 16.6. The van der Waals surface area contributed by atoms with Gasteiger partial charge in [0, 0.05) is 23.5 Å². The summed E-state index contributed by atoms with van der Waals surface area (Å²) in [6.45, 7) is 4.03. The number of anilines is 1. The summed E-state index contributed by atoms with van der Waals surface area (Å²) in [4.78, 5) is 35.4. The Morgan fingerprint density at radius 3 is 2.62 bits per heavy atom. The van der Waals surface area contributed by atoms with Crippen LogP contribution in [0.15, 0.2) is 59.8 Å². The average Bonchev–Trinajstić information content (AvgIpc) is 2.68. The van der Waals surface area contributed by atoms with Crippen molar-refractivity contribution in [3.05, 3.63) is 75.5 Å². The number of hydrogen-bond acceptors (Lipinski definition) is 5. The fourth-order valence-electron chi connectivity index (χ4n) is 3.06. The molecular weight excluding hydrogens is 376 g/mol. The molecule has 3 amide bonds. The number of urea groups is 1. The van der Waals surface area contributed by atoms with Crippen molar-refractivity contribution >= 4 is 23.3 Å². The second-order valence-electron chi connectivity index (χ2n) is 6.33. The number of benzene rings is 2. The van der Waals surface area contributed by atoms with Gasteiger partial charge < -0.3 is 20.7 Å². The van der Waals surface area contributed by atoms with Crippen LogP contribution < -0.4 is 20.7 Å². The molecule has 0 saturated heterocycles. The van der Waals surface area contributed by atoms with E-state index in [0.29, 0.717) is 29.2 Å². The van der Waals surface area contributed by atoms with Crippen molar-refractivity contribution in [2.45, 2.75) is 19.9 Å². The highest BCUT2D eigenvalue weighted by molar-refractivity contribution is 6.06. The number of carbonyl (C=O) groups is 2. The quantitative estimate of drug-likeness (QED) is 0.511. The van der Waals surface area contributed by atoms with Crippen molar-refractivity contribution in [1.82, 2.24) is 10.6 Å². The Balaban J connectivity index is 1.90. The van der Waals surface area contributed by atoms with Crippen LogP contribution >= 0.6 is 0 Å². The van der Waals surface area contributed by atoms with Crippen LogP contribution in [0.1, 0.15) is 25.5 Å². The largest absolute Gasteiger partial charge is 0.494 e. The Hall–Kier alpha value is -3.88. The monoisotopic (exact) mass is 396 g/mol. The lowest BCUT2D eigenvalue weighted by molar-refractivity contribution is -0.384. The molecule has 0 aromatic heterocycles. The van der Waals surface area contributed by atoms with Gasteiger partial charge in [0.15, 0.2) is 0 Å². The molecule has 9 heteroatoms. The number of allylic oxidation sites excluding steroid dienone is 1. The van der Waals surface area contributed by atoms with E-state index in [4.69, 9.17) is 4.74 Å². The lowest BCUT2D eigenvalue weighted by Crippen LogP contribution is -2.45. The van der Waals surface area contributed by atoms with Gasteiger partial charge in [0.1, 0.15) is 5.75 Å². The zero-order chi connectivity index (χ0) is 21.0. The Labute approximate surface area is 166 Å². The summed E-state index contributed by atoms with van der Waals surface area (Å²) in [5.74, 6) is 0.203. The van der Waals surface area contributed by atoms with E-state index >= 15 is 0 Å². The molecule has 1 aliphatic rings. The molecule has 0 bridgehead atoms. The van der Waals surface area contributed by atoms with Crippen molar-refractivity contribution < 1.29 is 19.2 Å². The smallest absolute Gasteiger partial charge is 0.319 e. The summed E-state index contributed by atoms with van der Waals surface area (Å²) in [7, 11) is 0. The fraction of sp³-hybridized carbons (Fsp3) is 0.200. The molecule has 1 heterocycles. The predicted octanol–water partition coefficient (Wildman–Crippen LogP) is 3.26. The SMILES string of the molecule is CCOc1ccc(C2NC(=O)NC(C)=C2C(=O)Nc2cccc([N+](=O)[O-])c2)cc1. The fourth-order valence-corrected chi connectivity index (χ4v) is 3.06. The van der Waals surface area contributed by atoms with Crippen molar-refractivity contribution in [3.63, 3.8) is 0 Å². The molecule has 29 heavy (non-hydrogen) atoms. The second kappa shape index (κ2) is 8.42. The molecule has 0 saturated carbocycles. The van der Waals surface area contributed by atoms with Gasteiger partial charge in [-0.3, -0.25) is 14.9 Å². The minimum atomic E-state index is -0.682. The number of carbonyl (C=O) groups excluding carboxylic acids is 2. The predicted molar refractivity (Wildman–Crippen MR) is 106 cm³/mol. The minimum Gasteiger partial charge on any atom is -0.494 e. The van der Waals surface area contributed by atoms with Crippen LogP contribution in [-0.4, -0.2) is 23.5 Å². The summed E-state index contributed by atoms with van der Waals surface area (Å²) < 4.78 is 5.43. The second-order valence-corrected chi connectivity index (χ2v) is 6.33. The van der Waals surface area contributed by atoms with Gasteiger partial charge in [0.05, 0.1) is 23.1 Å². The zero-order valence-corrected chi connectivity index (χ0v) is 15.9. The Bertz CT molecular complexity index is 985. The molecule has 3 N–H and O–H groups in total. The number of ether oxygens (including phenoxy) is 1. The van der Waals surface area contributed by atoms with E-state index in [1.54, 1.807) is 37.3 Å². The molecule has 150 valence electrons. The van der Waals surface area contributed by atoms with Crippen LogP contribution in [0.4, 0.5) is 16.2 Å². The number of nitrogens with one attached hydrogen (secondary N) is 3. The molecule has 0 aliphatic carbocycles. The summed E-state index contributed by atoms with van der Waals surface area (Å²) in [5, 5.41) is 19.0. The van der Waals surface area contributed by atoms with E-state index in [-0.39, 0.29) is 11.4 Å². The van der Waals surface area contributed by atoms with Crippen molar-refractivity contribution in [2.24, 2.45) is 0 Å². The summed E-state index contributed by atoms with van der Waals surface area (Å²) in [6.07, 6.45) is 0. The lowest BCUT2D eigenvalue weighted by atomic mass is 9.94. The highest BCUT2D eigenvalue weighted by Gasteiger charge is 2.31. The molecule has 1 unspecified atom stereocenters. The molecule has 0 radical (unpaired) electrons. The molecule has 1 atom stereocenters. The van der Waals surface area contributed by atoms with Crippen LogP contribution in [0.5, 0.6) is 5.75 Å². The maximum absolute atomic E-state index is 13.0. The van der Waals surface area contributed by atoms with Gasteiger partial charge in [-0.25, -0.2) is 4.79 Å². The molecule has 2 aromatic rings. The van der Waals surface area contributed by atoms with Gasteiger partial charge in [-0.15, -0.1) is 0 Å². The summed E-state index contributed by atoms with van der Waals surface area (Å²) >= 11 is 0. The Morgan fingerprint density at radius 1 is 1.24 bits per heavy atom. The first kappa shape index (κ1) is 19.9. The molecule has 0 spiro atoms. The molecular formula is C20H20N4O5. The van der Waals surface area contributed by atoms with Crippen molar-refractivity contribution in [3.8, 4) is 5.75 Å². The number of non-ortho nitro benzene ring substituents is 1. The van der Waals surface area contributed by atoms with Gasteiger partial charge in [-0.05, 0) is 37.6 Å². The standard InChI is InChI=1S/C20H20N4O5/c1-3-29-16-9-7-13(8-10-16)18-17(12(2)21-20(26)23-18)19(25)22-14-5-4-6-15(11-14)24(27)28/h4-11,18H,3H2,1-2H3,(H,22,25)(H2,21,23,26). The number of hydrogen-bond donors (Lipinski definition) is 3. The van der Waals surface area contributed by atoms with Gasteiger partial charge in [-0.1, -0.05) is 18.2 Å². The number of nitro groups is 1. The average molecular weight is 396 g/mol. The first-order valence-corrected chi connectivity index (χ1v) is 8.96. The van der Waals surface area contributed by atoms with Gasteiger partial charge in [-0.2, -0.15) is 0 Å². The summed E-state index contributed by atoms with van der Waals surface area (Å²) in [6, 6.07) is 11.6. The number of amides is 3. The first-order chi connectivity index (χ1) is 13.9. The Morgan fingerprint density at radius 2 is 1.97 bits per heavy atom. The van der Waals surface area contributed by atoms with E-state index in [1.807, 2.05) is 6.92 Å². The van der Waals surface area contributed by atoms with Crippen LogP contribution in [-0.2, 0) is 4.79 Å². The number of nitro benzene ring substituents is 1. The van der Waals surface area contributed by atoms with Gasteiger partial charge >= 0.3 is 6.03 Å². The van der Waals surface area contributed by atoms with E-state index in [9.17, 15) is 19.7 Å². The van der Waals surface area contributed by atoms with E-state index in [0.717, 1.165) is 0 Å². The van der Waals surface area contributed by atoms with Crippen LogP contribution in [0.3, 0.4) is 0 Å². The van der Waals surface area contributed by atoms with E-state index in [1.165, 1.54) is 18.2 Å². The third-order valence-corrected chi connectivity index (χ3v) is 4.35. The highest BCUT2D eigenvalue weighted by Crippen LogP contribution is 2.29. The van der Waals surface area contributed by atoms with E-state index in [2.05, 4.69) is 16.0 Å². The number of rotatable bonds is 6. The van der Waals surface area contributed by atoms with E-state index < -0.39 is 22.9 Å². The van der Waals surface area contributed by atoms with Crippen LogP contribution in [0.2, 0.25) is 0 Å². The first-order valence-electron chi connectivity index (χ1n) is 8.96.